The van der Waals surface area contributed by atoms with Crippen LogP contribution in [0.15, 0.2) is 22.7 Å². The Morgan fingerprint density at radius 2 is 2.14 bits per heavy atom. The minimum absolute atomic E-state index is 0.174. The topological polar surface area (TPSA) is 88.3 Å². The van der Waals surface area contributed by atoms with E-state index in [2.05, 4.69) is 15.5 Å². The van der Waals surface area contributed by atoms with Gasteiger partial charge in [0.15, 0.2) is 0 Å². The van der Waals surface area contributed by atoms with Gasteiger partial charge in [-0.2, -0.15) is 0 Å². The Balaban J connectivity index is 1.54. The van der Waals surface area contributed by atoms with Gasteiger partial charge in [0.25, 0.3) is 11.6 Å². The van der Waals surface area contributed by atoms with Crippen LogP contribution in [0, 0.1) is 13.8 Å². The van der Waals surface area contributed by atoms with Gasteiger partial charge < -0.3 is 14.7 Å². The molecule has 3 aromatic rings. The fraction of sp³-hybridized carbons (Fsp3) is 0.429. The van der Waals surface area contributed by atoms with Crippen LogP contribution in [-0.4, -0.2) is 46.5 Å². The summed E-state index contributed by atoms with van der Waals surface area (Å²) in [7, 11) is 0. The third-order valence-electron chi connectivity index (χ3n) is 5.19. The molecular weight excluding hydrogens is 388 g/mol. The van der Waals surface area contributed by atoms with Crippen molar-refractivity contribution in [3.05, 3.63) is 34.3 Å². The maximum absolute atomic E-state index is 13.0. The molecule has 0 spiro atoms. The molecule has 1 fully saturated rings. The first-order valence-corrected chi connectivity index (χ1v) is 10.7. The third-order valence-corrected chi connectivity index (χ3v) is 6.22. The average Bonchev–Trinajstić information content (AvgIpc) is 3.24. The number of carbonyl (C=O) groups is 2. The van der Waals surface area contributed by atoms with E-state index in [1.807, 2.05) is 24.0 Å². The van der Waals surface area contributed by atoms with Crippen molar-refractivity contribution in [3.8, 4) is 10.6 Å². The highest BCUT2D eigenvalue weighted by molar-refractivity contribution is 7.15. The number of likely N-dealkylation sites (tertiary alicyclic amines) is 1. The van der Waals surface area contributed by atoms with Crippen molar-refractivity contribution in [2.45, 2.75) is 39.5 Å². The summed E-state index contributed by atoms with van der Waals surface area (Å²) in [5, 5.41) is 7.57. The Bertz CT molecular complexity index is 1060. The lowest BCUT2D eigenvalue weighted by Crippen LogP contribution is -2.38. The van der Waals surface area contributed by atoms with Gasteiger partial charge in [0.2, 0.25) is 5.91 Å². The van der Waals surface area contributed by atoms with Crippen LogP contribution in [0.3, 0.4) is 0 Å². The van der Waals surface area contributed by atoms with E-state index in [0.717, 1.165) is 30.7 Å². The van der Waals surface area contributed by atoms with E-state index in [0.29, 0.717) is 47.6 Å². The predicted octanol–water partition coefficient (Wildman–Crippen LogP) is 3.70. The van der Waals surface area contributed by atoms with Gasteiger partial charge in [-0.15, -0.1) is 11.3 Å². The molecule has 0 aliphatic carbocycles. The van der Waals surface area contributed by atoms with Gasteiger partial charge in [-0.05, 0) is 44.9 Å². The van der Waals surface area contributed by atoms with E-state index >= 15 is 0 Å². The molecule has 0 aromatic carbocycles. The number of amides is 2. The Kier molecular flexibility index (Phi) is 5.62. The molecule has 0 bridgehead atoms. The van der Waals surface area contributed by atoms with Gasteiger partial charge in [-0.1, -0.05) is 11.6 Å². The van der Waals surface area contributed by atoms with E-state index in [1.54, 1.807) is 24.3 Å². The molecule has 0 saturated carbocycles. The lowest BCUT2D eigenvalue weighted by Gasteiger charge is -2.20. The zero-order valence-corrected chi connectivity index (χ0v) is 17.5. The van der Waals surface area contributed by atoms with Crippen LogP contribution in [0.5, 0.6) is 0 Å². The van der Waals surface area contributed by atoms with Crippen LogP contribution in [0.4, 0.5) is 0 Å². The molecule has 1 aliphatic rings. The molecule has 29 heavy (non-hydrogen) atoms. The standard InChI is InChI=1S/C21H24N4O3S/c1-13-7-8-17(29-13)16-12-15(19-14(2)24-28-21(19)23-16)20(27)22-9-11-25-10-5-3-4-6-18(25)26/h7-8,12H,3-6,9-11H2,1-2H3,(H,22,27). The maximum atomic E-state index is 13.0. The summed E-state index contributed by atoms with van der Waals surface area (Å²) in [6, 6.07) is 5.81. The van der Waals surface area contributed by atoms with Crippen molar-refractivity contribution >= 4 is 34.3 Å². The number of pyridine rings is 1. The van der Waals surface area contributed by atoms with Crippen LogP contribution in [0.2, 0.25) is 0 Å². The zero-order chi connectivity index (χ0) is 20.4. The molecule has 4 rings (SSSR count). The number of fused-ring (bicyclic) bond motifs is 1. The van der Waals surface area contributed by atoms with Crippen molar-refractivity contribution < 1.29 is 14.1 Å². The number of nitrogens with one attached hydrogen (secondary N) is 1. The highest BCUT2D eigenvalue weighted by atomic mass is 32.1. The Morgan fingerprint density at radius 3 is 2.93 bits per heavy atom. The average molecular weight is 413 g/mol. The highest BCUT2D eigenvalue weighted by Gasteiger charge is 2.21. The van der Waals surface area contributed by atoms with E-state index in [9.17, 15) is 9.59 Å². The minimum atomic E-state index is -0.208. The molecule has 1 saturated heterocycles. The van der Waals surface area contributed by atoms with E-state index in [-0.39, 0.29) is 11.8 Å². The number of nitrogens with zero attached hydrogens (tertiary/aromatic N) is 3. The van der Waals surface area contributed by atoms with Crippen LogP contribution < -0.4 is 5.32 Å². The minimum Gasteiger partial charge on any atom is -0.350 e. The fourth-order valence-corrected chi connectivity index (χ4v) is 4.47. The second kappa shape index (κ2) is 8.32. The summed E-state index contributed by atoms with van der Waals surface area (Å²) in [5.74, 6) is -0.0335. The van der Waals surface area contributed by atoms with Crippen LogP contribution in [-0.2, 0) is 4.79 Å². The number of hydrogen-bond acceptors (Lipinski definition) is 6. The van der Waals surface area contributed by atoms with Gasteiger partial charge in [0, 0.05) is 30.9 Å². The van der Waals surface area contributed by atoms with Gasteiger partial charge in [-0.25, -0.2) is 4.98 Å². The molecule has 7 nitrogen and oxygen atoms in total. The number of hydrogen-bond donors (Lipinski definition) is 1. The Hall–Kier alpha value is -2.74. The van der Waals surface area contributed by atoms with Crippen LogP contribution >= 0.6 is 11.3 Å². The van der Waals surface area contributed by atoms with Crippen LogP contribution in [0.1, 0.15) is 46.6 Å². The first-order chi connectivity index (χ1) is 14.0. The third kappa shape index (κ3) is 4.17. The normalized spacial score (nSPS) is 15.0. The molecule has 4 heterocycles. The molecule has 152 valence electrons. The smallest absolute Gasteiger partial charge is 0.259 e. The molecule has 3 aromatic heterocycles. The molecule has 2 amide bonds. The summed E-state index contributed by atoms with van der Waals surface area (Å²) in [6.07, 6.45) is 3.66. The Labute approximate surface area is 173 Å². The first kappa shape index (κ1) is 19.6. The summed E-state index contributed by atoms with van der Waals surface area (Å²) < 4.78 is 5.35. The molecule has 0 radical (unpaired) electrons. The van der Waals surface area contributed by atoms with Gasteiger partial charge in [0.05, 0.1) is 27.2 Å². The van der Waals surface area contributed by atoms with E-state index < -0.39 is 0 Å². The van der Waals surface area contributed by atoms with Crippen molar-refractivity contribution in [3.63, 3.8) is 0 Å². The molecule has 1 aliphatic heterocycles. The number of carbonyl (C=O) groups excluding carboxylic acids is 2. The number of aryl methyl sites for hydroxylation is 2. The molecule has 8 heteroatoms. The zero-order valence-electron chi connectivity index (χ0n) is 16.7. The molecule has 0 unspecified atom stereocenters. The van der Waals surface area contributed by atoms with Gasteiger partial charge in [-0.3, -0.25) is 9.59 Å². The second-order valence-electron chi connectivity index (χ2n) is 7.36. The monoisotopic (exact) mass is 412 g/mol. The van der Waals surface area contributed by atoms with Crippen molar-refractivity contribution in [1.82, 2.24) is 20.4 Å². The lowest BCUT2D eigenvalue weighted by atomic mass is 10.1. The van der Waals surface area contributed by atoms with E-state index in [4.69, 9.17) is 4.52 Å². The quantitative estimate of drug-likeness (QED) is 0.690. The Morgan fingerprint density at radius 1 is 1.28 bits per heavy atom. The largest absolute Gasteiger partial charge is 0.350 e. The number of rotatable bonds is 5. The molecule has 0 atom stereocenters. The SMILES string of the molecule is Cc1ccc(-c2cc(C(=O)NCCN3CCCCCC3=O)c3c(C)noc3n2)s1. The predicted molar refractivity (Wildman–Crippen MR) is 112 cm³/mol. The summed E-state index contributed by atoms with van der Waals surface area (Å²) in [4.78, 5) is 33.7. The van der Waals surface area contributed by atoms with Crippen molar-refractivity contribution in [1.29, 1.82) is 0 Å². The fourth-order valence-electron chi connectivity index (χ4n) is 3.65. The maximum Gasteiger partial charge on any atom is 0.259 e. The number of aromatic nitrogens is 2. The molecule has 1 N–H and O–H groups in total. The first-order valence-electron chi connectivity index (χ1n) is 9.93. The van der Waals surface area contributed by atoms with Gasteiger partial charge >= 0.3 is 0 Å². The summed E-state index contributed by atoms with van der Waals surface area (Å²) >= 11 is 1.62. The molecular formula is C21H24N4O3S. The van der Waals surface area contributed by atoms with E-state index in [1.165, 1.54) is 4.88 Å². The highest BCUT2D eigenvalue weighted by Crippen LogP contribution is 2.31. The van der Waals surface area contributed by atoms with Gasteiger partial charge in [0.1, 0.15) is 0 Å². The lowest BCUT2D eigenvalue weighted by molar-refractivity contribution is -0.130. The number of thiophene rings is 1. The second-order valence-corrected chi connectivity index (χ2v) is 8.65. The van der Waals surface area contributed by atoms with Crippen LogP contribution in [0.25, 0.3) is 21.7 Å². The summed E-state index contributed by atoms with van der Waals surface area (Å²) in [5.41, 5.74) is 2.18. The summed E-state index contributed by atoms with van der Waals surface area (Å²) in [6.45, 7) is 5.53. The van der Waals surface area contributed by atoms with Crippen molar-refractivity contribution in [2.75, 3.05) is 19.6 Å². The van der Waals surface area contributed by atoms with Crippen molar-refractivity contribution in [2.24, 2.45) is 0 Å².